The normalized spacial score (nSPS) is 33.9. The fourth-order valence-corrected chi connectivity index (χ4v) is 7.08. The van der Waals surface area contributed by atoms with Gasteiger partial charge >= 0.3 is 0 Å². The summed E-state index contributed by atoms with van der Waals surface area (Å²) in [5.74, 6) is 0.560. The van der Waals surface area contributed by atoms with Crippen LogP contribution in [0, 0.1) is 0 Å². The van der Waals surface area contributed by atoms with Crippen molar-refractivity contribution >= 4 is 18.6 Å². The summed E-state index contributed by atoms with van der Waals surface area (Å²) in [5.41, 5.74) is 1.40. The van der Waals surface area contributed by atoms with Crippen LogP contribution in [0.4, 0.5) is 0 Å². The first-order valence-corrected chi connectivity index (χ1v) is 9.20. The van der Waals surface area contributed by atoms with Crippen LogP contribution < -0.4 is 4.98 Å². The van der Waals surface area contributed by atoms with Gasteiger partial charge in [-0.25, -0.2) is 0 Å². The third-order valence-corrected chi connectivity index (χ3v) is 7.58. The van der Waals surface area contributed by atoms with E-state index >= 15 is 0 Å². The number of hydrogen-bond donors (Lipinski definition) is 1. The zero-order chi connectivity index (χ0) is 11.6. The van der Waals surface area contributed by atoms with Gasteiger partial charge < -0.3 is 4.98 Å². The van der Waals surface area contributed by atoms with Gasteiger partial charge in [0.1, 0.15) is 0 Å². The topological polar surface area (TPSA) is 12.0 Å². The molecule has 0 bridgehead atoms. The van der Waals surface area contributed by atoms with Crippen molar-refractivity contribution < 1.29 is 0 Å². The lowest BCUT2D eigenvalue weighted by molar-refractivity contribution is 0.612. The molecule has 3 atom stereocenters. The van der Waals surface area contributed by atoms with Crippen LogP contribution in [0.3, 0.4) is 0 Å². The summed E-state index contributed by atoms with van der Waals surface area (Å²) in [6.45, 7) is 6.04. The van der Waals surface area contributed by atoms with E-state index in [0.717, 1.165) is 12.1 Å². The van der Waals surface area contributed by atoms with Gasteiger partial charge in [0, 0.05) is 6.04 Å². The average Bonchev–Trinajstić information content (AvgIpc) is 2.56. The van der Waals surface area contributed by atoms with Crippen LogP contribution in [-0.4, -0.2) is 13.6 Å². The Morgan fingerprint density at radius 1 is 1.50 bits per heavy atom. The highest BCUT2D eigenvalue weighted by Crippen LogP contribution is 2.38. The van der Waals surface area contributed by atoms with Crippen LogP contribution in [0.25, 0.3) is 0 Å². The summed E-state index contributed by atoms with van der Waals surface area (Å²) < 4.78 is 0. The molecule has 0 aliphatic carbocycles. The molecule has 0 aromatic heterocycles. The molecule has 2 rings (SSSR count). The Morgan fingerprint density at radius 3 is 2.81 bits per heavy atom. The smallest absolute Gasteiger partial charge is 0.231 e. The van der Waals surface area contributed by atoms with Gasteiger partial charge in [0.2, 0.25) is 7.55 Å². The number of benzene rings is 1. The highest BCUT2D eigenvalue weighted by Gasteiger charge is 2.43. The van der Waals surface area contributed by atoms with Gasteiger partial charge in [-0.2, -0.15) is 0 Å². The molecule has 1 aliphatic rings. The van der Waals surface area contributed by atoms with Crippen LogP contribution in [0.15, 0.2) is 43.0 Å². The number of allylic oxidation sites excluding steroid dienone is 1. The van der Waals surface area contributed by atoms with Gasteiger partial charge in [0.05, 0.1) is 0 Å². The number of nitrogens with one attached hydrogen (secondary N) is 1. The SMILES string of the molecule is C=CC[Si]1(Cl)C[C@H](c2ccccc2)[C@@H](C)N1. The summed E-state index contributed by atoms with van der Waals surface area (Å²) in [7, 11) is -1.79. The minimum atomic E-state index is -1.79. The largest absolute Gasteiger partial charge is 0.322 e. The van der Waals surface area contributed by atoms with Crippen molar-refractivity contribution in [1.29, 1.82) is 0 Å². The molecule has 3 heteroatoms. The van der Waals surface area contributed by atoms with Crippen LogP contribution in [-0.2, 0) is 0 Å². The molecule has 1 aromatic carbocycles. The summed E-state index contributed by atoms with van der Waals surface area (Å²) in [4.78, 5) is 3.61. The molecule has 86 valence electrons. The number of hydrogen-bond acceptors (Lipinski definition) is 1. The van der Waals surface area contributed by atoms with Crippen LogP contribution in [0.2, 0.25) is 12.1 Å². The molecule has 1 N–H and O–H groups in total. The molecule has 1 unspecified atom stereocenters. The van der Waals surface area contributed by atoms with E-state index in [2.05, 4.69) is 48.8 Å². The van der Waals surface area contributed by atoms with E-state index in [1.807, 2.05) is 6.08 Å². The highest BCUT2D eigenvalue weighted by atomic mass is 35.6. The molecule has 0 spiro atoms. The van der Waals surface area contributed by atoms with E-state index in [1.54, 1.807) is 0 Å². The first-order valence-electron chi connectivity index (χ1n) is 5.77. The first kappa shape index (κ1) is 11.9. The van der Waals surface area contributed by atoms with Crippen molar-refractivity contribution in [2.24, 2.45) is 0 Å². The van der Waals surface area contributed by atoms with Gasteiger partial charge in [-0.15, -0.1) is 17.7 Å². The monoisotopic (exact) mass is 251 g/mol. The Kier molecular flexibility index (Phi) is 3.52. The van der Waals surface area contributed by atoms with Gasteiger partial charge in [-0.05, 0) is 30.5 Å². The minimum absolute atomic E-state index is 0.478. The molecule has 1 aromatic rings. The molecule has 1 fully saturated rings. The predicted molar refractivity (Wildman–Crippen MR) is 73.2 cm³/mol. The molecule has 1 nitrogen and oxygen atoms in total. The van der Waals surface area contributed by atoms with E-state index in [1.165, 1.54) is 5.56 Å². The lowest BCUT2D eigenvalue weighted by Crippen LogP contribution is -2.41. The first-order chi connectivity index (χ1) is 7.64. The Balaban J connectivity index is 2.17. The third-order valence-electron chi connectivity index (χ3n) is 3.33. The second-order valence-electron chi connectivity index (χ2n) is 4.61. The van der Waals surface area contributed by atoms with E-state index in [4.69, 9.17) is 11.1 Å². The number of rotatable bonds is 3. The second kappa shape index (κ2) is 4.74. The van der Waals surface area contributed by atoms with Gasteiger partial charge in [-0.1, -0.05) is 36.4 Å². The van der Waals surface area contributed by atoms with E-state index < -0.39 is 7.55 Å². The third kappa shape index (κ3) is 2.39. The van der Waals surface area contributed by atoms with Crippen molar-refractivity contribution in [3.05, 3.63) is 48.6 Å². The predicted octanol–water partition coefficient (Wildman–Crippen LogP) is 3.63. The fraction of sp³-hybridized carbons (Fsp3) is 0.385. The van der Waals surface area contributed by atoms with Crippen LogP contribution in [0.1, 0.15) is 18.4 Å². The van der Waals surface area contributed by atoms with E-state index in [-0.39, 0.29) is 0 Å². The summed E-state index contributed by atoms with van der Waals surface area (Å²) >= 11 is 6.67. The maximum Gasteiger partial charge on any atom is 0.231 e. The molecule has 16 heavy (non-hydrogen) atoms. The number of halogens is 1. The molecular weight excluding hydrogens is 234 g/mol. The lowest BCUT2D eigenvalue weighted by Gasteiger charge is -2.16. The molecule has 1 saturated heterocycles. The van der Waals surface area contributed by atoms with Crippen molar-refractivity contribution in [3.8, 4) is 0 Å². The summed E-state index contributed by atoms with van der Waals surface area (Å²) in [6, 6.07) is 13.2. The molecule has 1 aliphatic heterocycles. The van der Waals surface area contributed by atoms with Gasteiger partial charge in [-0.3, -0.25) is 0 Å². The Morgan fingerprint density at radius 2 is 2.19 bits per heavy atom. The molecule has 0 amide bonds. The summed E-state index contributed by atoms with van der Waals surface area (Å²) in [6.07, 6.45) is 1.95. The lowest BCUT2D eigenvalue weighted by atomic mass is 9.95. The van der Waals surface area contributed by atoms with Crippen molar-refractivity contribution in [3.63, 3.8) is 0 Å². The average molecular weight is 252 g/mol. The quantitative estimate of drug-likeness (QED) is 0.492. The second-order valence-corrected chi connectivity index (χ2v) is 9.82. The Hall–Kier alpha value is -0.573. The zero-order valence-corrected chi connectivity index (χ0v) is 11.4. The maximum absolute atomic E-state index is 6.67. The van der Waals surface area contributed by atoms with E-state index in [9.17, 15) is 0 Å². The Bertz CT molecular complexity index is 367. The van der Waals surface area contributed by atoms with Crippen molar-refractivity contribution in [2.45, 2.75) is 31.0 Å². The van der Waals surface area contributed by atoms with Crippen LogP contribution >= 0.6 is 11.1 Å². The van der Waals surface area contributed by atoms with Gasteiger partial charge in [0.15, 0.2) is 0 Å². The van der Waals surface area contributed by atoms with Gasteiger partial charge in [0.25, 0.3) is 0 Å². The highest BCUT2D eigenvalue weighted by molar-refractivity contribution is 7.19. The summed E-state index contributed by atoms with van der Waals surface area (Å²) in [5, 5.41) is 0. The van der Waals surface area contributed by atoms with Crippen molar-refractivity contribution in [2.75, 3.05) is 0 Å². The molecular formula is C13H18ClNSi. The molecule has 0 radical (unpaired) electrons. The maximum atomic E-state index is 6.67. The van der Waals surface area contributed by atoms with Crippen LogP contribution in [0.5, 0.6) is 0 Å². The molecule has 0 saturated carbocycles. The van der Waals surface area contributed by atoms with E-state index in [0.29, 0.717) is 12.0 Å². The standard InChI is InChI=1S/C13H18ClNSi/c1-3-9-16(14)10-13(11(2)15-16)12-7-5-4-6-8-12/h3-8,11,13,15H,1,9-10H2,2H3/t11-,13+,16?/m1/s1. The Labute approximate surface area is 103 Å². The zero-order valence-electron chi connectivity index (χ0n) is 9.62. The fourth-order valence-electron chi connectivity index (χ4n) is 2.57. The minimum Gasteiger partial charge on any atom is -0.322 e. The molecule has 1 heterocycles. The van der Waals surface area contributed by atoms with Crippen molar-refractivity contribution in [1.82, 2.24) is 4.98 Å².